The monoisotopic (exact) mass is 286 g/mol. The molecule has 1 aliphatic heterocycles. The Balaban J connectivity index is 1.58. The highest BCUT2D eigenvalue weighted by Gasteiger charge is 2.21. The van der Waals surface area contributed by atoms with Crippen LogP contribution in [0.2, 0.25) is 0 Å². The van der Waals surface area contributed by atoms with E-state index in [4.69, 9.17) is 5.73 Å². The molecule has 1 saturated heterocycles. The standard InChI is InChI=1S/C16H22N4O/c17-16(19-14-6-7-14)18-10-12-3-1-4-13(9-12)11-20-8-2-5-15(20)21/h1,3-4,9,14H,2,5-8,10-11H2,(H3,17,18,19). The molecule has 3 N–H and O–H groups in total. The van der Waals surface area contributed by atoms with E-state index in [1.165, 1.54) is 12.8 Å². The molecule has 0 radical (unpaired) electrons. The molecule has 5 heteroatoms. The van der Waals surface area contributed by atoms with Crippen LogP contribution < -0.4 is 11.1 Å². The fourth-order valence-electron chi connectivity index (χ4n) is 2.58. The van der Waals surface area contributed by atoms with E-state index < -0.39 is 0 Å². The van der Waals surface area contributed by atoms with Gasteiger partial charge >= 0.3 is 0 Å². The molecule has 1 aliphatic carbocycles. The maximum absolute atomic E-state index is 11.7. The number of carbonyl (C=O) groups excluding carboxylic acids is 1. The van der Waals surface area contributed by atoms with Crippen LogP contribution in [0.4, 0.5) is 0 Å². The van der Waals surface area contributed by atoms with Crippen LogP contribution in [0.1, 0.15) is 36.8 Å². The molecule has 112 valence electrons. The van der Waals surface area contributed by atoms with Gasteiger partial charge in [-0.2, -0.15) is 0 Å². The van der Waals surface area contributed by atoms with E-state index in [1.807, 2.05) is 17.0 Å². The Morgan fingerprint density at radius 1 is 1.38 bits per heavy atom. The van der Waals surface area contributed by atoms with Gasteiger partial charge < -0.3 is 16.0 Å². The molecule has 0 unspecified atom stereocenters. The van der Waals surface area contributed by atoms with E-state index in [-0.39, 0.29) is 5.91 Å². The van der Waals surface area contributed by atoms with Gasteiger partial charge in [-0.3, -0.25) is 4.79 Å². The molecule has 2 aliphatic rings. The van der Waals surface area contributed by atoms with Crippen molar-refractivity contribution in [2.75, 3.05) is 6.54 Å². The summed E-state index contributed by atoms with van der Waals surface area (Å²) in [6.45, 7) is 2.15. The summed E-state index contributed by atoms with van der Waals surface area (Å²) in [6, 6.07) is 8.76. The van der Waals surface area contributed by atoms with Crippen molar-refractivity contribution in [3.63, 3.8) is 0 Å². The van der Waals surface area contributed by atoms with E-state index in [9.17, 15) is 4.79 Å². The van der Waals surface area contributed by atoms with Gasteiger partial charge in [-0.05, 0) is 30.4 Å². The molecule has 21 heavy (non-hydrogen) atoms. The zero-order valence-electron chi connectivity index (χ0n) is 12.2. The summed E-state index contributed by atoms with van der Waals surface area (Å²) in [5, 5.41) is 3.18. The van der Waals surface area contributed by atoms with Crippen molar-refractivity contribution < 1.29 is 4.79 Å². The van der Waals surface area contributed by atoms with E-state index in [0.29, 0.717) is 31.5 Å². The predicted molar refractivity (Wildman–Crippen MR) is 82.6 cm³/mol. The Hall–Kier alpha value is -2.04. The normalized spacial score (nSPS) is 19.1. The number of hydrogen-bond acceptors (Lipinski definition) is 2. The molecule has 1 heterocycles. The first kappa shape index (κ1) is 13.9. The van der Waals surface area contributed by atoms with Gasteiger partial charge in [-0.15, -0.1) is 0 Å². The van der Waals surface area contributed by atoms with Gasteiger partial charge in [0.1, 0.15) is 0 Å². The number of hydrogen-bond donors (Lipinski definition) is 2. The third kappa shape index (κ3) is 3.97. The Morgan fingerprint density at radius 3 is 2.90 bits per heavy atom. The minimum absolute atomic E-state index is 0.260. The molecule has 0 bridgehead atoms. The number of likely N-dealkylation sites (tertiary alicyclic amines) is 1. The van der Waals surface area contributed by atoms with Crippen molar-refractivity contribution in [3.05, 3.63) is 35.4 Å². The van der Waals surface area contributed by atoms with Gasteiger partial charge in [0.25, 0.3) is 0 Å². The number of amides is 1. The van der Waals surface area contributed by atoms with Crippen LogP contribution in [0.15, 0.2) is 29.3 Å². The fourth-order valence-corrected chi connectivity index (χ4v) is 2.58. The quantitative estimate of drug-likeness (QED) is 0.634. The van der Waals surface area contributed by atoms with Crippen LogP contribution in [0.25, 0.3) is 0 Å². The minimum Gasteiger partial charge on any atom is -0.370 e. The lowest BCUT2D eigenvalue weighted by Gasteiger charge is -2.15. The summed E-state index contributed by atoms with van der Waals surface area (Å²) in [5.74, 6) is 0.786. The molecule has 3 rings (SSSR count). The Labute approximate surface area is 125 Å². The van der Waals surface area contributed by atoms with Crippen LogP contribution in [0, 0.1) is 0 Å². The van der Waals surface area contributed by atoms with Crippen molar-refractivity contribution >= 4 is 11.9 Å². The summed E-state index contributed by atoms with van der Waals surface area (Å²) >= 11 is 0. The molecular weight excluding hydrogens is 264 g/mol. The third-order valence-corrected chi connectivity index (χ3v) is 3.90. The van der Waals surface area contributed by atoms with Crippen LogP contribution in [0.3, 0.4) is 0 Å². The number of benzene rings is 1. The molecule has 1 saturated carbocycles. The maximum atomic E-state index is 11.7. The molecule has 0 spiro atoms. The lowest BCUT2D eigenvalue weighted by molar-refractivity contribution is -0.128. The Bertz CT molecular complexity index is 551. The van der Waals surface area contributed by atoms with Gasteiger partial charge in [-0.1, -0.05) is 24.3 Å². The summed E-state index contributed by atoms with van der Waals surface area (Å²) in [7, 11) is 0. The summed E-state index contributed by atoms with van der Waals surface area (Å²) < 4.78 is 0. The lowest BCUT2D eigenvalue weighted by Crippen LogP contribution is -2.33. The van der Waals surface area contributed by atoms with E-state index >= 15 is 0 Å². The van der Waals surface area contributed by atoms with Crippen molar-refractivity contribution in [3.8, 4) is 0 Å². The number of nitrogens with two attached hydrogens (primary N) is 1. The smallest absolute Gasteiger partial charge is 0.222 e. The highest BCUT2D eigenvalue weighted by Crippen LogP contribution is 2.18. The van der Waals surface area contributed by atoms with Gasteiger partial charge in [0.05, 0.1) is 6.54 Å². The Kier molecular flexibility index (Phi) is 4.08. The second-order valence-electron chi connectivity index (χ2n) is 5.86. The van der Waals surface area contributed by atoms with Crippen molar-refractivity contribution in [2.45, 2.75) is 44.8 Å². The summed E-state index contributed by atoms with van der Waals surface area (Å²) in [5.41, 5.74) is 8.12. The maximum Gasteiger partial charge on any atom is 0.222 e. The molecule has 0 aromatic heterocycles. The average Bonchev–Trinajstić information content (AvgIpc) is 3.20. The van der Waals surface area contributed by atoms with Gasteiger partial charge in [0, 0.05) is 25.6 Å². The van der Waals surface area contributed by atoms with E-state index in [0.717, 1.165) is 24.1 Å². The van der Waals surface area contributed by atoms with Crippen LogP contribution in [-0.2, 0) is 17.9 Å². The number of aliphatic imine (C=N–C) groups is 1. The molecule has 1 amide bonds. The van der Waals surface area contributed by atoms with Crippen LogP contribution >= 0.6 is 0 Å². The van der Waals surface area contributed by atoms with E-state index in [2.05, 4.69) is 22.4 Å². The first-order chi connectivity index (χ1) is 10.2. The SMILES string of the molecule is NC(=NCc1cccc(CN2CCCC2=O)c1)NC1CC1. The average molecular weight is 286 g/mol. The summed E-state index contributed by atoms with van der Waals surface area (Å²) in [4.78, 5) is 18.0. The third-order valence-electron chi connectivity index (χ3n) is 3.90. The predicted octanol–water partition coefficient (Wildman–Crippen LogP) is 1.38. The molecule has 5 nitrogen and oxygen atoms in total. The van der Waals surface area contributed by atoms with Crippen molar-refractivity contribution in [2.24, 2.45) is 10.7 Å². The van der Waals surface area contributed by atoms with Crippen molar-refractivity contribution in [1.82, 2.24) is 10.2 Å². The second-order valence-corrected chi connectivity index (χ2v) is 5.86. The van der Waals surface area contributed by atoms with Crippen LogP contribution in [-0.4, -0.2) is 29.4 Å². The fraction of sp³-hybridized carbons (Fsp3) is 0.500. The summed E-state index contributed by atoms with van der Waals surface area (Å²) in [6.07, 6.45) is 4.05. The number of nitrogens with zero attached hydrogens (tertiary/aromatic N) is 2. The zero-order chi connectivity index (χ0) is 14.7. The largest absolute Gasteiger partial charge is 0.370 e. The van der Waals surface area contributed by atoms with Gasteiger partial charge in [-0.25, -0.2) is 4.99 Å². The van der Waals surface area contributed by atoms with Crippen molar-refractivity contribution in [1.29, 1.82) is 0 Å². The van der Waals surface area contributed by atoms with E-state index in [1.54, 1.807) is 0 Å². The Morgan fingerprint density at radius 2 is 2.19 bits per heavy atom. The molecule has 1 aromatic rings. The first-order valence-electron chi connectivity index (χ1n) is 7.63. The molecular formula is C16H22N4O. The van der Waals surface area contributed by atoms with Crippen LogP contribution in [0.5, 0.6) is 0 Å². The molecule has 1 aromatic carbocycles. The zero-order valence-corrected chi connectivity index (χ0v) is 12.2. The number of rotatable bonds is 5. The molecule has 2 fully saturated rings. The number of guanidine groups is 1. The minimum atomic E-state index is 0.260. The highest BCUT2D eigenvalue weighted by atomic mass is 16.2. The topological polar surface area (TPSA) is 70.7 Å². The highest BCUT2D eigenvalue weighted by molar-refractivity contribution is 5.78. The first-order valence-corrected chi connectivity index (χ1v) is 7.63. The second kappa shape index (κ2) is 6.16. The lowest BCUT2D eigenvalue weighted by atomic mass is 10.1. The number of nitrogens with one attached hydrogen (secondary N) is 1. The van der Waals surface area contributed by atoms with Gasteiger partial charge in [0.15, 0.2) is 5.96 Å². The molecule has 0 atom stereocenters. The van der Waals surface area contributed by atoms with Gasteiger partial charge in [0.2, 0.25) is 5.91 Å². The number of carbonyl (C=O) groups is 1.